The van der Waals surface area contributed by atoms with Gasteiger partial charge in [-0.2, -0.15) is 4.98 Å². The zero-order valence-corrected chi connectivity index (χ0v) is 27.8. The predicted molar refractivity (Wildman–Crippen MR) is 152 cm³/mol. The van der Waals surface area contributed by atoms with Crippen LogP contribution in [0.4, 0.5) is 5.82 Å². The molecule has 0 spiro atoms. The van der Waals surface area contributed by atoms with Crippen LogP contribution in [-0.2, 0) is 18.3 Å². The minimum atomic E-state index is -4.61. The van der Waals surface area contributed by atoms with E-state index in [2.05, 4.69) is 11.9 Å². The molecular formula is C27H51N3NaO9P. The van der Waals surface area contributed by atoms with Gasteiger partial charge in [0, 0.05) is 6.20 Å². The van der Waals surface area contributed by atoms with Crippen LogP contribution in [0.2, 0.25) is 0 Å². The summed E-state index contributed by atoms with van der Waals surface area (Å²) < 4.78 is 28.3. The van der Waals surface area contributed by atoms with Crippen molar-refractivity contribution < 1.29 is 68.5 Å². The molecule has 234 valence electrons. The van der Waals surface area contributed by atoms with Crippen LogP contribution in [0.1, 0.15) is 116 Å². The van der Waals surface area contributed by atoms with Crippen LogP contribution in [0.3, 0.4) is 0 Å². The third-order valence-electron chi connectivity index (χ3n) is 7.11. The number of nitrogen functional groups attached to an aromatic ring is 1. The van der Waals surface area contributed by atoms with Crippen molar-refractivity contribution in [1.82, 2.24) is 9.55 Å². The molecule has 1 saturated heterocycles. The van der Waals surface area contributed by atoms with Crippen molar-refractivity contribution in [1.29, 1.82) is 0 Å². The Morgan fingerprint density at radius 2 is 1.41 bits per heavy atom. The van der Waals surface area contributed by atoms with Crippen LogP contribution in [0.5, 0.6) is 0 Å². The van der Waals surface area contributed by atoms with E-state index in [1.165, 1.54) is 89.3 Å². The summed E-state index contributed by atoms with van der Waals surface area (Å²) in [4.78, 5) is 27.6. The Labute approximate surface area is 266 Å². The number of nitrogens with zero attached hydrogens (tertiary/aromatic N) is 2. The molecule has 41 heavy (non-hydrogen) atoms. The average molecular weight is 616 g/mol. The van der Waals surface area contributed by atoms with E-state index < -0.39 is 44.7 Å². The Kier molecular flexibility index (Phi) is 22.9. The summed E-state index contributed by atoms with van der Waals surface area (Å²) in [5, 5.41) is 20.5. The summed E-state index contributed by atoms with van der Waals surface area (Å²) in [6.07, 6.45) is 15.5. The maximum Gasteiger partial charge on any atom is 1.00 e. The number of aliphatic hydroxyl groups is 2. The van der Waals surface area contributed by atoms with Crippen molar-refractivity contribution in [3.8, 4) is 0 Å². The molecule has 1 fully saturated rings. The van der Waals surface area contributed by atoms with Gasteiger partial charge in [0.25, 0.3) is 7.82 Å². The molecule has 1 aliphatic heterocycles. The smallest absolute Gasteiger partial charge is 0.756 e. The molecule has 1 aromatic heterocycles. The molecule has 0 bridgehead atoms. The minimum Gasteiger partial charge on any atom is -0.756 e. The number of phosphoric acid groups is 1. The molecule has 1 unspecified atom stereocenters. The number of phosphoric ester groups is 1. The topological polar surface area (TPSA) is 201 Å². The van der Waals surface area contributed by atoms with Gasteiger partial charge in [-0.25, -0.2) is 4.79 Å². The number of aromatic nitrogens is 2. The van der Waals surface area contributed by atoms with E-state index in [0.717, 1.165) is 23.8 Å². The van der Waals surface area contributed by atoms with Crippen LogP contribution in [0, 0.1) is 0 Å². The van der Waals surface area contributed by atoms with E-state index in [-0.39, 0.29) is 47.5 Å². The van der Waals surface area contributed by atoms with Gasteiger partial charge in [0.05, 0.1) is 13.2 Å². The molecule has 2 heterocycles. The maximum atomic E-state index is 12.1. The van der Waals surface area contributed by atoms with Gasteiger partial charge in [0.15, 0.2) is 6.23 Å². The molecule has 5 atom stereocenters. The third kappa shape index (κ3) is 16.3. The van der Waals surface area contributed by atoms with Crippen molar-refractivity contribution in [2.45, 2.75) is 134 Å². The van der Waals surface area contributed by atoms with Crippen LogP contribution >= 0.6 is 7.82 Å². The van der Waals surface area contributed by atoms with Crippen molar-refractivity contribution >= 4 is 13.6 Å². The normalized spacial score (nSPS) is 21.7. The number of hydrogen-bond acceptors (Lipinski definition) is 10. The second-order valence-corrected chi connectivity index (χ2v) is 11.9. The maximum absolute atomic E-state index is 12.1. The zero-order valence-electron chi connectivity index (χ0n) is 25.0. The van der Waals surface area contributed by atoms with Gasteiger partial charge in [-0.3, -0.25) is 9.13 Å². The summed E-state index contributed by atoms with van der Waals surface area (Å²) in [6, 6.07) is 1.34. The predicted octanol–water partition coefficient (Wildman–Crippen LogP) is 0.387. The zero-order chi connectivity index (χ0) is 28.5. The van der Waals surface area contributed by atoms with E-state index in [1.807, 2.05) is 0 Å². The molecule has 0 aromatic carbocycles. The number of aliphatic hydroxyl groups excluding tert-OH is 2. The molecule has 0 aliphatic carbocycles. The van der Waals surface area contributed by atoms with Crippen LogP contribution in [-0.4, -0.2) is 56.8 Å². The summed E-state index contributed by atoms with van der Waals surface area (Å²) in [5.41, 5.74) is 4.68. The minimum absolute atomic E-state index is 0. The monoisotopic (exact) mass is 615 g/mol. The van der Waals surface area contributed by atoms with E-state index >= 15 is 0 Å². The van der Waals surface area contributed by atoms with Gasteiger partial charge < -0.3 is 40.1 Å². The first-order valence-corrected chi connectivity index (χ1v) is 16.2. The van der Waals surface area contributed by atoms with Gasteiger partial charge >= 0.3 is 35.2 Å². The summed E-state index contributed by atoms with van der Waals surface area (Å²) in [6.45, 7) is 1.70. The van der Waals surface area contributed by atoms with Crippen molar-refractivity contribution in [2.75, 3.05) is 18.9 Å². The van der Waals surface area contributed by atoms with Gasteiger partial charge in [-0.15, -0.1) is 0 Å². The van der Waals surface area contributed by atoms with E-state index in [4.69, 9.17) is 19.5 Å². The van der Waals surface area contributed by atoms with Gasteiger partial charge in [-0.05, 0) is 12.5 Å². The molecule has 2 rings (SSSR count). The number of unbranched alkanes of at least 4 members (excludes halogenated alkanes) is 15. The Bertz CT molecular complexity index is 911. The second-order valence-electron chi connectivity index (χ2n) is 10.5. The van der Waals surface area contributed by atoms with E-state index in [9.17, 15) is 24.5 Å². The first-order valence-electron chi connectivity index (χ1n) is 14.7. The fourth-order valence-corrected chi connectivity index (χ4v) is 5.50. The average Bonchev–Trinajstić information content (AvgIpc) is 3.18. The summed E-state index contributed by atoms with van der Waals surface area (Å²) >= 11 is 0. The van der Waals surface area contributed by atoms with Crippen molar-refractivity contribution in [3.05, 3.63) is 22.7 Å². The Hall–Kier alpha value is -0.370. The van der Waals surface area contributed by atoms with Gasteiger partial charge in [-0.1, -0.05) is 103 Å². The summed E-state index contributed by atoms with van der Waals surface area (Å²) in [5.74, 6) is -0.00189. The molecule has 1 aromatic rings. The van der Waals surface area contributed by atoms with Gasteiger partial charge in [0.1, 0.15) is 24.1 Å². The van der Waals surface area contributed by atoms with E-state index in [1.54, 1.807) is 0 Å². The first kappa shape index (κ1) is 40.6. The Balaban J connectivity index is 0.00000800. The van der Waals surface area contributed by atoms with E-state index in [0.29, 0.717) is 6.42 Å². The second kappa shape index (κ2) is 23.1. The van der Waals surface area contributed by atoms with Crippen LogP contribution < -0.4 is 45.9 Å². The SMILES string of the molecule is CCCCCCCCCCCCCCCCCCOP(=O)([O-])OC[C@H]1O[C@@H](n2ccc(N)nc2=O)[C@@H](O)[C@@H]1O.O.[Na+]. The third-order valence-corrected chi connectivity index (χ3v) is 8.07. The number of rotatable bonds is 22. The molecule has 12 nitrogen and oxygen atoms in total. The number of ether oxygens (including phenoxy) is 1. The molecular weight excluding hydrogens is 564 g/mol. The quantitative estimate of drug-likeness (QED) is 0.0931. The molecule has 14 heteroatoms. The first-order chi connectivity index (χ1) is 18.7. The van der Waals surface area contributed by atoms with Crippen molar-refractivity contribution in [3.63, 3.8) is 0 Å². The number of anilines is 1. The van der Waals surface area contributed by atoms with Crippen LogP contribution in [0.25, 0.3) is 0 Å². The Morgan fingerprint density at radius 3 is 1.90 bits per heavy atom. The Morgan fingerprint density at radius 1 is 0.927 bits per heavy atom. The molecule has 1 aliphatic rings. The fraction of sp³-hybridized carbons (Fsp3) is 0.852. The standard InChI is InChI=1S/C27H50N3O8P.Na.H2O/c1-2-3-4-5-6-7-8-9-10-11-12-13-14-15-16-17-20-36-39(34,35)37-21-22-24(31)25(32)26(38-22)30-19-18-23(28)29-27(30)33;;/h18-19,22,24-26,31-32H,2-17,20-21H2,1H3,(H,34,35)(H2,28,29,33);;1H2/q;+1;/p-1/t22-,24-,25+,26-;;/m1../s1. The van der Waals surface area contributed by atoms with Gasteiger partial charge in [0.2, 0.25) is 0 Å². The fourth-order valence-electron chi connectivity index (χ4n) is 4.74. The molecule has 0 radical (unpaired) electrons. The number of nitrogens with two attached hydrogens (primary N) is 1. The molecule has 0 saturated carbocycles. The molecule has 6 N–H and O–H groups in total. The van der Waals surface area contributed by atoms with Crippen molar-refractivity contribution in [2.24, 2.45) is 0 Å². The largest absolute Gasteiger partial charge is 1.00 e. The summed E-state index contributed by atoms with van der Waals surface area (Å²) in [7, 11) is -4.61. The number of hydrogen-bond donors (Lipinski definition) is 3. The van der Waals surface area contributed by atoms with Crippen LogP contribution in [0.15, 0.2) is 17.1 Å². The molecule has 0 amide bonds.